The number of carbonyl (C=O) groups is 1. The number of aliphatic hydroxyl groups is 1. The summed E-state index contributed by atoms with van der Waals surface area (Å²) in [6, 6.07) is 1.66. The Hall–Kier alpha value is -1.56. The molecule has 1 aliphatic heterocycles. The van der Waals surface area contributed by atoms with E-state index in [4.69, 9.17) is 5.73 Å². The maximum absolute atomic E-state index is 12.0. The van der Waals surface area contributed by atoms with Gasteiger partial charge in [0, 0.05) is 19.3 Å². The Morgan fingerprint density at radius 3 is 3.06 bits per heavy atom. The molecule has 94 valence electrons. The van der Waals surface area contributed by atoms with Gasteiger partial charge >= 0.3 is 0 Å². The van der Waals surface area contributed by atoms with Crippen molar-refractivity contribution in [3.8, 4) is 0 Å². The van der Waals surface area contributed by atoms with E-state index in [1.165, 1.54) is 4.68 Å². The number of rotatable bonds is 2. The van der Waals surface area contributed by atoms with E-state index in [1.54, 1.807) is 17.2 Å². The van der Waals surface area contributed by atoms with Crippen LogP contribution in [-0.2, 0) is 11.3 Å². The minimum atomic E-state index is -0.292. The van der Waals surface area contributed by atoms with Crippen molar-refractivity contribution >= 4 is 11.7 Å². The highest BCUT2D eigenvalue weighted by Gasteiger charge is 2.27. The number of hydrogen-bond donors (Lipinski definition) is 2. The number of piperidine rings is 1. The number of carbonyl (C=O) groups excluding carboxylic acids is 1. The van der Waals surface area contributed by atoms with Crippen LogP contribution >= 0.6 is 0 Å². The molecule has 6 nitrogen and oxygen atoms in total. The summed E-state index contributed by atoms with van der Waals surface area (Å²) >= 11 is 0. The molecule has 0 saturated carbocycles. The van der Waals surface area contributed by atoms with Crippen molar-refractivity contribution in [2.45, 2.75) is 26.0 Å². The number of amides is 1. The van der Waals surface area contributed by atoms with Crippen LogP contribution in [0.5, 0.6) is 0 Å². The van der Waals surface area contributed by atoms with Gasteiger partial charge < -0.3 is 15.7 Å². The maximum Gasteiger partial charge on any atom is 0.244 e. The molecule has 2 unspecified atom stereocenters. The van der Waals surface area contributed by atoms with Crippen LogP contribution in [0.15, 0.2) is 12.3 Å². The number of hydrogen-bond acceptors (Lipinski definition) is 4. The number of nitrogens with zero attached hydrogens (tertiary/aromatic N) is 3. The number of aliphatic hydroxyl groups excluding tert-OH is 1. The smallest absolute Gasteiger partial charge is 0.244 e. The topological polar surface area (TPSA) is 84.4 Å². The fourth-order valence-electron chi connectivity index (χ4n) is 2.06. The molecule has 3 N–H and O–H groups in total. The first-order valence-electron chi connectivity index (χ1n) is 5.81. The number of aromatic nitrogens is 2. The van der Waals surface area contributed by atoms with Crippen molar-refractivity contribution in [2.75, 3.05) is 18.8 Å². The molecule has 17 heavy (non-hydrogen) atoms. The van der Waals surface area contributed by atoms with Crippen molar-refractivity contribution in [3.05, 3.63) is 12.3 Å². The lowest BCUT2D eigenvalue weighted by molar-refractivity contribution is -0.135. The molecule has 2 atom stereocenters. The van der Waals surface area contributed by atoms with Gasteiger partial charge in [-0.15, -0.1) is 0 Å². The lowest BCUT2D eigenvalue weighted by Gasteiger charge is -2.34. The molecule has 1 fully saturated rings. The summed E-state index contributed by atoms with van der Waals surface area (Å²) < 4.78 is 1.54. The second-order valence-electron chi connectivity index (χ2n) is 4.61. The molecule has 2 heterocycles. The Kier molecular flexibility index (Phi) is 3.33. The van der Waals surface area contributed by atoms with E-state index in [9.17, 15) is 9.90 Å². The van der Waals surface area contributed by atoms with Crippen LogP contribution in [-0.4, -0.2) is 44.9 Å². The molecule has 6 heteroatoms. The molecule has 0 radical (unpaired) electrons. The molecule has 0 aliphatic carbocycles. The van der Waals surface area contributed by atoms with Gasteiger partial charge in [0.15, 0.2) is 0 Å². The average molecular weight is 238 g/mol. The van der Waals surface area contributed by atoms with Crippen LogP contribution in [0.25, 0.3) is 0 Å². The summed E-state index contributed by atoms with van der Waals surface area (Å²) in [7, 11) is 0. The maximum atomic E-state index is 12.0. The summed E-state index contributed by atoms with van der Waals surface area (Å²) in [5, 5.41) is 13.6. The highest BCUT2D eigenvalue weighted by molar-refractivity contribution is 5.76. The normalized spacial score (nSPS) is 24.9. The Balaban J connectivity index is 1.92. The molecular formula is C11H18N4O2. The van der Waals surface area contributed by atoms with Crippen LogP contribution < -0.4 is 5.73 Å². The van der Waals surface area contributed by atoms with Gasteiger partial charge in [0.25, 0.3) is 0 Å². The average Bonchev–Trinajstić information content (AvgIpc) is 2.68. The number of likely N-dealkylation sites (tertiary alicyclic amines) is 1. The third kappa shape index (κ3) is 2.76. The van der Waals surface area contributed by atoms with Crippen molar-refractivity contribution < 1.29 is 9.90 Å². The van der Waals surface area contributed by atoms with E-state index in [0.29, 0.717) is 25.3 Å². The van der Waals surface area contributed by atoms with Crippen molar-refractivity contribution in [1.29, 1.82) is 0 Å². The number of anilines is 1. The van der Waals surface area contributed by atoms with Crippen molar-refractivity contribution in [1.82, 2.24) is 14.7 Å². The first-order valence-corrected chi connectivity index (χ1v) is 5.81. The molecule has 0 bridgehead atoms. The molecular weight excluding hydrogens is 220 g/mol. The number of nitrogen functional groups attached to an aromatic ring is 1. The second-order valence-corrected chi connectivity index (χ2v) is 4.61. The third-order valence-corrected chi connectivity index (χ3v) is 3.17. The van der Waals surface area contributed by atoms with Gasteiger partial charge in [-0.3, -0.25) is 9.48 Å². The molecule has 1 amide bonds. The largest absolute Gasteiger partial charge is 0.393 e. The lowest BCUT2D eigenvalue weighted by Crippen LogP contribution is -2.46. The quantitative estimate of drug-likeness (QED) is 0.740. The van der Waals surface area contributed by atoms with E-state index in [1.807, 2.05) is 6.92 Å². The molecule has 0 spiro atoms. The highest BCUT2D eigenvalue weighted by Crippen LogP contribution is 2.16. The summed E-state index contributed by atoms with van der Waals surface area (Å²) in [6.07, 6.45) is 2.04. The fourth-order valence-corrected chi connectivity index (χ4v) is 2.06. The van der Waals surface area contributed by atoms with E-state index >= 15 is 0 Å². The van der Waals surface area contributed by atoms with Gasteiger partial charge in [-0.05, 0) is 18.4 Å². The molecule has 1 saturated heterocycles. The zero-order valence-corrected chi connectivity index (χ0v) is 9.91. The lowest BCUT2D eigenvalue weighted by atomic mass is 9.97. The Morgan fingerprint density at radius 2 is 2.47 bits per heavy atom. The van der Waals surface area contributed by atoms with Crippen LogP contribution in [0.2, 0.25) is 0 Å². The van der Waals surface area contributed by atoms with Crippen molar-refractivity contribution in [2.24, 2.45) is 5.92 Å². The monoisotopic (exact) mass is 238 g/mol. The Bertz CT molecular complexity index is 404. The van der Waals surface area contributed by atoms with E-state index < -0.39 is 0 Å². The van der Waals surface area contributed by atoms with Gasteiger partial charge in [-0.2, -0.15) is 5.10 Å². The van der Waals surface area contributed by atoms with Gasteiger partial charge in [-0.1, -0.05) is 6.92 Å². The predicted octanol–water partition coefficient (Wildman–Crippen LogP) is -0.305. The number of nitrogens with two attached hydrogens (primary N) is 1. The minimum absolute atomic E-state index is 0.0202. The second kappa shape index (κ2) is 4.75. The standard InChI is InChI=1S/C11H18N4O2/c1-8-6-14(4-2-9(8)16)11(17)7-15-5-3-10(12)13-15/h3,5,8-9,16H,2,4,6-7H2,1H3,(H2,12,13). The Morgan fingerprint density at radius 1 is 1.71 bits per heavy atom. The molecule has 1 aliphatic rings. The third-order valence-electron chi connectivity index (χ3n) is 3.17. The first-order chi connectivity index (χ1) is 8.06. The zero-order chi connectivity index (χ0) is 12.4. The summed E-state index contributed by atoms with van der Waals surface area (Å²) in [5.41, 5.74) is 5.48. The molecule has 2 rings (SSSR count). The summed E-state index contributed by atoms with van der Waals surface area (Å²) in [6.45, 7) is 3.38. The van der Waals surface area contributed by atoms with E-state index in [0.717, 1.165) is 0 Å². The molecule has 1 aromatic heterocycles. The summed E-state index contributed by atoms with van der Waals surface area (Å²) in [4.78, 5) is 13.7. The summed E-state index contributed by atoms with van der Waals surface area (Å²) in [5.74, 6) is 0.572. The Labute approximate surface area is 100 Å². The van der Waals surface area contributed by atoms with Gasteiger partial charge in [0.05, 0.1) is 6.10 Å². The van der Waals surface area contributed by atoms with Gasteiger partial charge in [0.2, 0.25) is 5.91 Å². The molecule has 1 aromatic rings. The van der Waals surface area contributed by atoms with Gasteiger partial charge in [0.1, 0.15) is 12.4 Å². The van der Waals surface area contributed by atoms with Crippen LogP contribution in [0.1, 0.15) is 13.3 Å². The SMILES string of the molecule is CC1CN(C(=O)Cn2ccc(N)n2)CCC1O. The van der Waals surface area contributed by atoms with E-state index in [-0.39, 0.29) is 24.5 Å². The fraction of sp³-hybridized carbons (Fsp3) is 0.636. The van der Waals surface area contributed by atoms with Gasteiger partial charge in [-0.25, -0.2) is 0 Å². The van der Waals surface area contributed by atoms with Crippen LogP contribution in [0.4, 0.5) is 5.82 Å². The minimum Gasteiger partial charge on any atom is -0.393 e. The van der Waals surface area contributed by atoms with E-state index in [2.05, 4.69) is 5.10 Å². The predicted molar refractivity (Wildman–Crippen MR) is 63.0 cm³/mol. The molecule has 0 aromatic carbocycles. The van der Waals surface area contributed by atoms with Crippen LogP contribution in [0.3, 0.4) is 0 Å². The first kappa shape index (κ1) is 11.9. The van der Waals surface area contributed by atoms with Crippen LogP contribution in [0, 0.1) is 5.92 Å². The highest BCUT2D eigenvalue weighted by atomic mass is 16.3. The zero-order valence-electron chi connectivity index (χ0n) is 9.91. The van der Waals surface area contributed by atoms with Crippen molar-refractivity contribution in [3.63, 3.8) is 0 Å².